The van der Waals surface area contributed by atoms with Crippen LogP contribution in [-0.2, 0) is 19.6 Å². The van der Waals surface area contributed by atoms with Crippen molar-refractivity contribution in [2.24, 2.45) is 0 Å². The van der Waals surface area contributed by atoms with Crippen molar-refractivity contribution in [3.8, 4) is 5.75 Å². The third-order valence-electron chi connectivity index (χ3n) is 7.26. The molecule has 1 saturated carbocycles. The molecular formula is C26H31FN2O6S. The lowest BCUT2D eigenvalue weighted by Crippen LogP contribution is -2.48. The summed E-state index contributed by atoms with van der Waals surface area (Å²) in [6.07, 6.45) is 4.77. The minimum absolute atomic E-state index is 0.0472. The fourth-order valence-electron chi connectivity index (χ4n) is 5.52. The van der Waals surface area contributed by atoms with Gasteiger partial charge in [0.05, 0.1) is 24.0 Å². The number of fused-ring (bicyclic) bond motifs is 3. The van der Waals surface area contributed by atoms with Crippen LogP contribution in [0.15, 0.2) is 47.4 Å². The molecule has 2 aromatic carbocycles. The van der Waals surface area contributed by atoms with Crippen LogP contribution in [0, 0.1) is 5.82 Å². The molecule has 0 bridgehead atoms. The molecule has 3 aliphatic rings. The second-order valence-corrected chi connectivity index (χ2v) is 11.5. The van der Waals surface area contributed by atoms with Crippen LogP contribution >= 0.6 is 0 Å². The van der Waals surface area contributed by atoms with Crippen molar-refractivity contribution >= 4 is 21.6 Å². The van der Waals surface area contributed by atoms with E-state index >= 15 is 0 Å². The van der Waals surface area contributed by atoms with E-state index in [0.29, 0.717) is 17.9 Å². The van der Waals surface area contributed by atoms with Crippen molar-refractivity contribution in [3.05, 3.63) is 53.8 Å². The first-order valence-electron chi connectivity index (χ1n) is 12.5. The molecule has 2 fully saturated rings. The summed E-state index contributed by atoms with van der Waals surface area (Å²) in [5.74, 6) is -0.130. The smallest absolute Gasteiger partial charge is 0.261 e. The molecule has 10 heteroatoms. The van der Waals surface area contributed by atoms with E-state index in [1.165, 1.54) is 18.6 Å². The van der Waals surface area contributed by atoms with Crippen LogP contribution in [0.5, 0.6) is 5.75 Å². The maximum atomic E-state index is 13.2. The van der Waals surface area contributed by atoms with Crippen molar-refractivity contribution in [1.82, 2.24) is 5.32 Å². The van der Waals surface area contributed by atoms with Gasteiger partial charge < -0.3 is 19.9 Å². The number of carbonyl (C=O) groups excluding carboxylic acids is 1. The second kappa shape index (κ2) is 10.4. The van der Waals surface area contributed by atoms with Gasteiger partial charge in [-0.05, 0) is 61.7 Å². The highest BCUT2D eigenvalue weighted by Gasteiger charge is 2.46. The van der Waals surface area contributed by atoms with Gasteiger partial charge >= 0.3 is 0 Å². The zero-order valence-electron chi connectivity index (χ0n) is 19.9. The van der Waals surface area contributed by atoms with Gasteiger partial charge in [-0.3, -0.25) is 9.52 Å². The van der Waals surface area contributed by atoms with Gasteiger partial charge in [-0.15, -0.1) is 0 Å². The Bertz CT molecular complexity index is 1200. The van der Waals surface area contributed by atoms with Crippen molar-refractivity contribution < 1.29 is 32.2 Å². The van der Waals surface area contributed by atoms with Gasteiger partial charge in [0.2, 0.25) is 5.91 Å². The Morgan fingerprint density at radius 1 is 1.08 bits per heavy atom. The predicted molar refractivity (Wildman–Crippen MR) is 131 cm³/mol. The Balaban J connectivity index is 1.30. The number of amides is 1. The summed E-state index contributed by atoms with van der Waals surface area (Å²) in [6.45, 7) is -0.250. The monoisotopic (exact) mass is 518 g/mol. The Kier molecular flexibility index (Phi) is 7.18. The first kappa shape index (κ1) is 25.0. The summed E-state index contributed by atoms with van der Waals surface area (Å²) in [5, 5.41) is 13.1. The summed E-state index contributed by atoms with van der Waals surface area (Å²) in [7, 11) is -3.91. The van der Waals surface area contributed by atoms with Gasteiger partial charge in [0.15, 0.2) is 0 Å². The highest BCUT2D eigenvalue weighted by Crippen LogP contribution is 2.47. The second-order valence-electron chi connectivity index (χ2n) is 9.82. The standard InChI is InChI=1S/C26H31FN2O6S/c27-16-6-9-20(10-7-16)36(32,33)29-18-8-11-23-21(12-18)22-13-19(34-24(15-30)26(22)35-23)14-25(31)28-17-4-2-1-3-5-17/h6-12,17,19,22,24,26,29-30H,1-5,13-15H2,(H,28,31)/t19-,22+,24-,26-/m1/s1. The topological polar surface area (TPSA) is 114 Å². The summed E-state index contributed by atoms with van der Waals surface area (Å²) in [6, 6.07) is 9.82. The minimum atomic E-state index is -3.91. The van der Waals surface area contributed by atoms with Gasteiger partial charge in [-0.25, -0.2) is 12.8 Å². The SMILES string of the molecule is O=C(C[C@H]1C[C@H]2c3cc(NS(=O)(=O)c4ccc(F)cc4)ccc3O[C@H]2[C@@H](CO)O1)NC1CCCCC1. The van der Waals surface area contributed by atoms with E-state index in [2.05, 4.69) is 10.0 Å². The van der Waals surface area contributed by atoms with E-state index in [-0.39, 0.29) is 41.9 Å². The summed E-state index contributed by atoms with van der Waals surface area (Å²) >= 11 is 0. The van der Waals surface area contributed by atoms with Crippen molar-refractivity contribution in [3.63, 3.8) is 0 Å². The number of hydrogen-bond acceptors (Lipinski definition) is 6. The number of hydrogen-bond donors (Lipinski definition) is 3. The zero-order valence-corrected chi connectivity index (χ0v) is 20.7. The molecule has 2 aromatic rings. The molecule has 2 aliphatic heterocycles. The molecule has 1 aliphatic carbocycles. The fourth-order valence-corrected chi connectivity index (χ4v) is 6.57. The normalized spacial score (nSPS) is 25.9. The third-order valence-corrected chi connectivity index (χ3v) is 8.66. The van der Waals surface area contributed by atoms with Gasteiger partial charge in [0.25, 0.3) is 10.0 Å². The van der Waals surface area contributed by atoms with Gasteiger partial charge in [0.1, 0.15) is 23.8 Å². The molecular weight excluding hydrogens is 487 g/mol. The number of carbonyl (C=O) groups is 1. The Morgan fingerprint density at radius 3 is 2.56 bits per heavy atom. The lowest BCUT2D eigenvalue weighted by Gasteiger charge is -2.37. The molecule has 5 rings (SSSR count). The van der Waals surface area contributed by atoms with Crippen LogP contribution in [0.4, 0.5) is 10.1 Å². The number of benzene rings is 2. The Labute approximate surface area is 210 Å². The largest absolute Gasteiger partial charge is 0.487 e. The minimum Gasteiger partial charge on any atom is -0.487 e. The van der Waals surface area contributed by atoms with Gasteiger partial charge in [-0.1, -0.05) is 19.3 Å². The molecule has 2 heterocycles. The maximum absolute atomic E-state index is 13.2. The van der Waals surface area contributed by atoms with Gasteiger partial charge in [-0.2, -0.15) is 0 Å². The molecule has 3 N–H and O–H groups in total. The summed E-state index contributed by atoms with van der Waals surface area (Å²) < 4.78 is 53.4. The third kappa shape index (κ3) is 5.35. The molecule has 194 valence electrons. The van der Waals surface area contributed by atoms with Crippen LogP contribution < -0.4 is 14.8 Å². The zero-order chi connectivity index (χ0) is 25.3. The molecule has 4 atom stereocenters. The van der Waals surface area contributed by atoms with Crippen LogP contribution in [0.1, 0.15) is 56.4 Å². The number of nitrogens with one attached hydrogen (secondary N) is 2. The van der Waals surface area contributed by atoms with Crippen molar-refractivity contribution in [1.29, 1.82) is 0 Å². The van der Waals surface area contributed by atoms with E-state index in [9.17, 15) is 22.7 Å². The average molecular weight is 519 g/mol. The number of halogens is 1. The average Bonchev–Trinajstić information content (AvgIpc) is 3.22. The number of sulfonamides is 1. The summed E-state index contributed by atoms with van der Waals surface area (Å²) in [5.41, 5.74) is 1.15. The first-order chi connectivity index (χ1) is 17.3. The first-order valence-corrected chi connectivity index (χ1v) is 14.0. The van der Waals surface area contributed by atoms with E-state index in [4.69, 9.17) is 9.47 Å². The van der Waals surface area contributed by atoms with Crippen LogP contribution in [0.3, 0.4) is 0 Å². The maximum Gasteiger partial charge on any atom is 0.261 e. The summed E-state index contributed by atoms with van der Waals surface area (Å²) in [4.78, 5) is 12.6. The lowest BCUT2D eigenvalue weighted by molar-refractivity contribution is -0.142. The molecule has 1 saturated heterocycles. The Hall–Kier alpha value is -2.69. The quantitative estimate of drug-likeness (QED) is 0.517. The van der Waals surface area contributed by atoms with Crippen LogP contribution in [-0.4, -0.2) is 50.4 Å². The Morgan fingerprint density at radius 2 is 1.83 bits per heavy atom. The molecule has 0 radical (unpaired) electrons. The highest BCUT2D eigenvalue weighted by atomic mass is 32.2. The van der Waals surface area contributed by atoms with E-state index in [1.54, 1.807) is 18.2 Å². The van der Waals surface area contributed by atoms with Gasteiger partial charge in [0, 0.05) is 23.2 Å². The molecule has 36 heavy (non-hydrogen) atoms. The molecule has 0 unspecified atom stereocenters. The van der Waals surface area contributed by atoms with E-state index in [0.717, 1.165) is 43.4 Å². The van der Waals surface area contributed by atoms with E-state index < -0.39 is 28.0 Å². The molecule has 0 spiro atoms. The van der Waals surface area contributed by atoms with Crippen LogP contribution in [0.25, 0.3) is 0 Å². The number of aliphatic hydroxyl groups excluding tert-OH is 1. The van der Waals surface area contributed by atoms with Crippen molar-refractivity contribution in [2.75, 3.05) is 11.3 Å². The highest BCUT2D eigenvalue weighted by molar-refractivity contribution is 7.92. The number of aliphatic hydroxyl groups is 1. The fraction of sp³-hybridized carbons (Fsp3) is 0.500. The molecule has 1 amide bonds. The van der Waals surface area contributed by atoms with Crippen molar-refractivity contribution in [2.45, 2.75) is 80.1 Å². The van der Waals surface area contributed by atoms with E-state index in [1.807, 2.05) is 0 Å². The number of rotatable bonds is 7. The molecule has 0 aromatic heterocycles. The predicted octanol–water partition coefficient (Wildman–Crippen LogP) is 3.46. The molecule has 8 nitrogen and oxygen atoms in total. The van der Waals surface area contributed by atoms with Crippen LogP contribution in [0.2, 0.25) is 0 Å². The number of ether oxygens (including phenoxy) is 2. The lowest BCUT2D eigenvalue weighted by atomic mass is 9.84. The number of anilines is 1.